The van der Waals surface area contributed by atoms with Gasteiger partial charge in [0.1, 0.15) is 0 Å². The predicted molar refractivity (Wildman–Crippen MR) is 57.8 cm³/mol. The van der Waals surface area contributed by atoms with Crippen molar-refractivity contribution in [2.75, 3.05) is 19.5 Å². The normalized spacial score (nSPS) is 9.12. The quantitative estimate of drug-likeness (QED) is 0.747. The molecule has 0 bridgehead atoms. The Bertz CT molecular complexity index is 392. The van der Waals surface area contributed by atoms with E-state index in [0.717, 1.165) is 0 Å². The lowest BCUT2D eigenvalue weighted by Gasteiger charge is -2.09. The molecule has 0 saturated heterocycles. The number of rotatable bonds is 4. The Kier molecular flexibility index (Phi) is 4.14. The third-order valence-electron chi connectivity index (χ3n) is 1.83. The standard InChI is InChI=1S/C10H12N2O4/c1-15-8-4-3-7(5-9(8)16-2)12-10(14)11-6-13/h3-6H,1-2H3,(H2,11,12,13,14). The van der Waals surface area contributed by atoms with Crippen molar-refractivity contribution in [3.05, 3.63) is 18.2 Å². The Morgan fingerprint density at radius 2 is 1.94 bits per heavy atom. The van der Waals surface area contributed by atoms with Gasteiger partial charge in [-0.3, -0.25) is 10.1 Å². The number of anilines is 1. The van der Waals surface area contributed by atoms with Crippen molar-refractivity contribution in [2.24, 2.45) is 0 Å². The maximum absolute atomic E-state index is 11.0. The molecule has 0 aliphatic carbocycles. The molecule has 0 aliphatic rings. The van der Waals surface area contributed by atoms with Crippen molar-refractivity contribution < 1.29 is 19.1 Å². The molecule has 86 valence electrons. The Hall–Kier alpha value is -2.24. The maximum Gasteiger partial charge on any atom is 0.325 e. The zero-order valence-corrected chi connectivity index (χ0v) is 8.94. The van der Waals surface area contributed by atoms with Gasteiger partial charge in [0.05, 0.1) is 14.2 Å². The SMILES string of the molecule is COc1ccc(NC(=O)NC=O)cc1OC. The lowest BCUT2D eigenvalue weighted by Crippen LogP contribution is -2.27. The van der Waals surface area contributed by atoms with Crippen molar-refractivity contribution in [3.63, 3.8) is 0 Å². The number of imide groups is 1. The smallest absolute Gasteiger partial charge is 0.325 e. The van der Waals surface area contributed by atoms with Crippen LogP contribution < -0.4 is 20.1 Å². The summed E-state index contributed by atoms with van der Waals surface area (Å²) in [6, 6.07) is 4.26. The third kappa shape index (κ3) is 2.88. The molecular formula is C10H12N2O4. The van der Waals surface area contributed by atoms with E-state index in [1.807, 2.05) is 5.32 Å². The van der Waals surface area contributed by atoms with Gasteiger partial charge < -0.3 is 14.8 Å². The van der Waals surface area contributed by atoms with Crippen LogP contribution in [0.5, 0.6) is 11.5 Å². The summed E-state index contributed by atoms with van der Waals surface area (Å²) < 4.78 is 10.1. The molecule has 0 radical (unpaired) electrons. The van der Waals surface area contributed by atoms with E-state index in [1.54, 1.807) is 18.2 Å². The van der Waals surface area contributed by atoms with Gasteiger partial charge in [-0.1, -0.05) is 0 Å². The van der Waals surface area contributed by atoms with E-state index < -0.39 is 6.03 Å². The van der Waals surface area contributed by atoms with Crippen molar-refractivity contribution in [1.29, 1.82) is 0 Å². The summed E-state index contributed by atoms with van der Waals surface area (Å²) in [7, 11) is 3.01. The monoisotopic (exact) mass is 224 g/mol. The first-order valence-corrected chi connectivity index (χ1v) is 4.44. The molecule has 2 N–H and O–H groups in total. The number of methoxy groups -OCH3 is 2. The van der Waals surface area contributed by atoms with Crippen LogP contribution in [0.4, 0.5) is 10.5 Å². The summed E-state index contributed by atoms with van der Waals surface area (Å²) in [5.74, 6) is 1.05. The fourth-order valence-corrected chi connectivity index (χ4v) is 1.13. The van der Waals surface area contributed by atoms with Gasteiger partial charge in [0, 0.05) is 11.8 Å². The fraction of sp³-hybridized carbons (Fsp3) is 0.200. The van der Waals surface area contributed by atoms with Gasteiger partial charge in [0.15, 0.2) is 11.5 Å². The average molecular weight is 224 g/mol. The van der Waals surface area contributed by atoms with Crippen LogP contribution in [0.1, 0.15) is 0 Å². The summed E-state index contributed by atoms with van der Waals surface area (Å²) in [5, 5.41) is 4.41. The van der Waals surface area contributed by atoms with Gasteiger partial charge in [-0.2, -0.15) is 0 Å². The number of carbonyl (C=O) groups is 2. The summed E-state index contributed by atoms with van der Waals surface area (Å²) >= 11 is 0. The van der Waals surface area contributed by atoms with E-state index in [2.05, 4.69) is 5.32 Å². The maximum atomic E-state index is 11.0. The van der Waals surface area contributed by atoms with Gasteiger partial charge in [-0.25, -0.2) is 4.79 Å². The first kappa shape index (κ1) is 11.8. The van der Waals surface area contributed by atoms with E-state index in [9.17, 15) is 9.59 Å². The van der Waals surface area contributed by atoms with Crippen LogP contribution in [0, 0.1) is 0 Å². The fourth-order valence-electron chi connectivity index (χ4n) is 1.13. The van der Waals surface area contributed by atoms with Crippen LogP contribution >= 0.6 is 0 Å². The molecule has 0 unspecified atom stereocenters. The molecule has 0 atom stereocenters. The van der Waals surface area contributed by atoms with E-state index in [1.165, 1.54) is 14.2 Å². The second-order valence-corrected chi connectivity index (χ2v) is 2.79. The van der Waals surface area contributed by atoms with Crippen LogP contribution in [-0.4, -0.2) is 26.7 Å². The predicted octanol–water partition coefficient (Wildman–Crippen LogP) is 0.982. The zero-order chi connectivity index (χ0) is 12.0. The second kappa shape index (κ2) is 5.59. The van der Waals surface area contributed by atoms with Crippen LogP contribution in [0.25, 0.3) is 0 Å². The molecule has 0 aliphatic heterocycles. The molecular weight excluding hydrogens is 212 g/mol. The first-order chi connectivity index (χ1) is 7.71. The second-order valence-electron chi connectivity index (χ2n) is 2.79. The number of amides is 3. The molecule has 0 heterocycles. The van der Waals surface area contributed by atoms with E-state index >= 15 is 0 Å². The van der Waals surface area contributed by atoms with Gasteiger partial charge in [-0.05, 0) is 12.1 Å². The molecule has 3 amide bonds. The Morgan fingerprint density at radius 3 is 2.50 bits per heavy atom. The minimum absolute atomic E-state index is 0.302. The molecule has 1 rings (SSSR count). The van der Waals surface area contributed by atoms with Crippen molar-refractivity contribution >= 4 is 18.1 Å². The number of ether oxygens (including phenoxy) is 2. The van der Waals surface area contributed by atoms with E-state index in [4.69, 9.17) is 9.47 Å². The first-order valence-electron chi connectivity index (χ1n) is 4.44. The van der Waals surface area contributed by atoms with Crippen LogP contribution in [-0.2, 0) is 4.79 Å². The van der Waals surface area contributed by atoms with Crippen LogP contribution in [0.3, 0.4) is 0 Å². The molecule has 1 aromatic carbocycles. The summed E-state index contributed by atoms with van der Waals surface area (Å²) in [6.07, 6.45) is 0.302. The van der Waals surface area contributed by atoms with E-state index in [-0.39, 0.29) is 0 Å². The Balaban J connectivity index is 2.82. The number of hydrogen-bond donors (Lipinski definition) is 2. The molecule has 0 saturated carbocycles. The minimum atomic E-state index is -0.609. The van der Waals surface area contributed by atoms with Gasteiger partial charge in [0.2, 0.25) is 6.41 Å². The highest BCUT2D eigenvalue weighted by Crippen LogP contribution is 2.29. The van der Waals surface area contributed by atoms with Gasteiger partial charge in [0.25, 0.3) is 0 Å². The molecule has 1 aromatic rings. The lowest BCUT2D eigenvalue weighted by atomic mass is 10.3. The molecule has 0 aromatic heterocycles. The topological polar surface area (TPSA) is 76.7 Å². The van der Waals surface area contributed by atoms with Crippen molar-refractivity contribution in [1.82, 2.24) is 5.32 Å². The molecule has 6 heteroatoms. The average Bonchev–Trinajstić information content (AvgIpc) is 2.29. The number of benzene rings is 1. The zero-order valence-electron chi connectivity index (χ0n) is 8.94. The van der Waals surface area contributed by atoms with Gasteiger partial charge >= 0.3 is 6.03 Å². The number of nitrogens with one attached hydrogen (secondary N) is 2. The lowest BCUT2D eigenvalue weighted by molar-refractivity contribution is -0.108. The molecule has 0 spiro atoms. The highest BCUT2D eigenvalue weighted by molar-refractivity contribution is 5.95. The molecule has 6 nitrogen and oxygen atoms in total. The number of urea groups is 1. The van der Waals surface area contributed by atoms with Crippen molar-refractivity contribution in [2.45, 2.75) is 0 Å². The summed E-state index contributed by atoms with van der Waals surface area (Å²) in [6.45, 7) is 0. The van der Waals surface area contributed by atoms with Crippen molar-refractivity contribution in [3.8, 4) is 11.5 Å². The number of hydrogen-bond acceptors (Lipinski definition) is 4. The minimum Gasteiger partial charge on any atom is -0.493 e. The summed E-state index contributed by atoms with van der Waals surface area (Å²) in [4.78, 5) is 21.1. The highest BCUT2D eigenvalue weighted by atomic mass is 16.5. The van der Waals surface area contributed by atoms with E-state index in [0.29, 0.717) is 23.6 Å². The number of carbonyl (C=O) groups excluding carboxylic acids is 2. The summed E-state index contributed by atoms with van der Waals surface area (Å²) in [5.41, 5.74) is 0.497. The van der Waals surface area contributed by atoms with Gasteiger partial charge in [-0.15, -0.1) is 0 Å². The Labute approximate surface area is 92.5 Å². The third-order valence-corrected chi connectivity index (χ3v) is 1.83. The Morgan fingerprint density at radius 1 is 1.25 bits per heavy atom. The largest absolute Gasteiger partial charge is 0.493 e. The highest BCUT2D eigenvalue weighted by Gasteiger charge is 2.06. The van der Waals surface area contributed by atoms with Crippen LogP contribution in [0.2, 0.25) is 0 Å². The van der Waals surface area contributed by atoms with Crippen LogP contribution in [0.15, 0.2) is 18.2 Å². The molecule has 0 fully saturated rings. The molecule has 16 heavy (non-hydrogen) atoms.